The molecular weight excluding hydrogens is 270 g/mol. The summed E-state index contributed by atoms with van der Waals surface area (Å²) in [6.07, 6.45) is 0.649. The van der Waals surface area contributed by atoms with Crippen molar-refractivity contribution in [2.24, 2.45) is 5.92 Å². The van der Waals surface area contributed by atoms with E-state index in [4.69, 9.17) is 0 Å². The molecule has 3 amide bonds. The number of anilines is 1. The van der Waals surface area contributed by atoms with Crippen LogP contribution in [-0.4, -0.2) is 17.7 Å². The first-order chi connectivity index (χ1) is 9.85. The van der Waals surface area contributed by atoms with E-state index >= 15 is 0 Å². The van der Waals surface area contributed by atoms with Gasteiger partial charge in [0.2, 0.25) is 5.91 Å². The third-order valence-corrected chi connectivity index (χ3v) is 3.33. The molecule has 6 nitrogen and oxygen atoms in total. The van der Waals surface area contributed by atoms with Crippen molar-refractivity contribution in [1.29, 1.82) is 0 Å². The smallest absolute Gasteiger partial charge is 0.318 e. The molecule has 0 bridgehead atoms. The first-order valence-electron chi connectivity index (χ1n) is 6.83. The summed E-state index contributed by atoms with van der Waals surface area (Å²) >= 11 is 0. The van der Waals surface area contributed by atoms with Crippen LogP contribution in [0.15, 0.2) is 18.2 Å². The van der Waals surface area contributed by atoms with E-state index < -0.39 is 11.8 Å². The largest absolute Gasteiger partial charge is 0.328 e. The molecule has 0 aromatic heterocycles. The number of benzene rings is 1. The minimum atomic E-state index is -0.912. The second kappa shape index (κ2) is 7.42. The van der Waals surface area contributed by atoms with Crippen molar-refractivity contribution in [2.75, 3.05) is 5.32 Å². The number of rotatable bonds is 3. The van der Waals surface area contributed by atoms with Crippen molar-refractivity contribution in [3.8, 4) is 0 Å². The number of nitrogens with one attached hydrogen (secondary N) is 3. The first kappa shape index (κ1) is 16.7. The van der Waals surface area contributed by atoms with Gasteiger partial charge in [-0.05, 0) is 43.5 Å². The van der Waals surface area contributed by atoms with Gasteiger partial charge in [0.25, 0.3) is 0 Å². The van der Waals surface area contributed by atoms with Crippen LogP contribution < -0.4 is 16.2 Å². The molecule has 1 aromatic rings. The van der Waals surface area contributed by atoms with Gasteiger partial charge in [0.05, 0.1) is 0 Å². The lowest BCUT2D eigenvalue weighted by Crippen LogP contribution is -2.48. The Bertz CT molecular complexity index is 555. The lowest BCUT2D eigenvalue weighted by molar-refractivity contribution is -0.138. The van der Waals surface area contributed by atoms with Crippen molar-refractivity contribution < 1.29 is 14.4 Å². The lowest BCUT2D eigenvalue weighted by atomic mass is 10.1. The second-order valence-corrected chi connectivity index (χ2v) is 5.01. The number of carbonyl (C=O) groups is 3. The zero-order valence-corrected chi connectivity index (χ0v) is 12.7. The Morgan fingerprint density at radius 2 is 1.71 bits per heavy atom. The van der Waals surface area contributed by atoms with E-state index in [0.29, 0.717) is 12.1 Å². The van der Waals surface area contributed by atoms with E-state index in [2.05, 4.69) is 16.2 Å². The number of hydrogen-bond donors (Lipinski definition) is 3. The van der Waals surface area contributed by atoms with Gasteiger partial charge in [0, 0.05) is 11.6 Å². The van der Waals surface area contributed by atoms with E-state index in [9.17, 15) is 14.4 Å². The normalized spacial score (nSPS) is 11.4. The highest BCUT2D eigenvalue weighted by Gasteiger charge is 2.16. The van der Waals surface area contributed by atoms with Crippen LogP contribution in [0.4, 0.5) is 5.69 Å². The van der Waals surface area contributed by atoms with Crippen molar-refractivity contribution in [1.82, 2.24) is 10.9 Å². The fraction of sp³-hybridized carbons (Fsp3) is 0.400. The quantitative estimate of drug-likeness (QED) is 0.581. The fourth-order valence-corrected chi connectivity index (χ4v) is 1.49. The molecule has 0 fully saturated rings. The Morgan fingerprint density at radius 3 is 2.29 bits per heavy atom. The molecule has 0 spiro atoms. The molecule has 0 aliphatic heterocycles. The molecule has 0 radical (unpaired) electrons. The highest BCUT2D eigenvalue weighted by atomic mass is 16.2. The predicted octanol–water partition coefficient (Wildman–Crippen LogP) is 1.44. The van der Waals surface area contributed by atoms with E-state index in [1.165, 1.54) is 0 Å². The predicted molar refractivity (Wildman–Crippen MR) is 80.3 cm³/mol. The Balaban J connectivity index is 2.53. The van der Waals surface area contributed by atoms with E-state index in [1.54, 1.807) is 19.1 Å². The molecule has 6 heteroatoms. The van der Waals surface area contributed by atoms with Gasteiger partial charge in [-0.25, -0.2) is 0 Å². The zero-order valence-electron chi connectivity index (χ0n) is 12.7. The van der Waals surface area contributed by atoms with Crippen LogP contribution in [0.2, 0.25) is 0 Å². The molecule has 3 N–H and O–H groups in total. The molecule has 0 aliphatic rings. The van der Waals surface area contributed by atoms with Crippen LogP contribution in [0.3, 0.4) is 0 Å². The lowest BCUT2D eigenvalue weighted by Gasteiger charge is -2.11. The Hall–Kier alpha value is -2.37. The Labute approximate surface area is 124 Å². The standard InChI is InChI=1S/C15H21N3O3/c1-5-9(2)13(19)17-18-15(21)14(20)16-12-7-6-10(3)11(4)8-12/h6-9H,5H2,1-4H3,(H,16,20)(H,17,19)(H,18,21)/t9-/m1/s1. The number of hydrogen-bond acceptors (Lipinski definition) is 3. The molecule has 1 aromatic carbocycles. The highest BCUT2D eigenvalue weighted by Crippen LogP contribution is 2.13. The number of amides is 3. The van der Waals surface area contributed by atoms with Crippen LogP contribution in [0, 0.1) is 19.8 Å². The number of hydrazine groups is 1. The van der Waals surface area contributed by atoms with E-state index in [0.717, 1.165) is 11.1 Å². The number of aryl methyl sites for hydroxylation is 2. The Morgan fingerprint density at radius 1 is 1.05 bits per heavy atom. The summed E-state index contributed by atoms with van der Waals surface area (Å²) in [5.74, 6) is -2.30. The summed E-state index contributed by atoms with van der Waals surface area (Å²) < 4.78 is 0. The van der Waals surface area contributed by atoms with Gasteiger partial charge in [-0.15, -0.1) is 0 Å². The fourth-order valence-electron chi connectivity index (χ4n) is 1.49. The molecule has 0 heterocycles. The van der Waals surface area contributed by atoms with Gasteiger partial charge >= 0.3 is 11.8 Å². The van der Waals surface area contributed by atoms with E-state index in [-0.39, 0.29) is 11.8 Å². The summed E-state index contributed by atoms with van der Waals surface area (Å²) in [5.41, 5.74) is 6.96. The summed E-state index contributed by atoms with van der Waals surface area (Å²) in [6, 6.07) is 5.34. The van der Waals surface area contributed by atoms with Gasteiger partial charge in [0.1, 0.15) is 0 Å². The SMILES string of the molecule is CC[C@@H](C)C(=O)NNC(=O)C(=O)Nc1ccc(C)c(C)c1. The van der Waals surface area contributed by atoms with Crippen LogP contribution in [0.1, 0.15) is 31.4 Å². The van der Waals surface area contributed by atoms with Crippen LogP contribution in [0.5, 0.6) is 0 Å². The maximum atomic E-state index is 11.7. The topological polar surface area (TPSA) is 87.3 Å². The summed E-state index contributed by atoms with van der Waals surface area (Å²) in [4.78, 5) is 34.7. The molecule has 0 saturated heterocycles. The summed E-state index contributed by atoms with van der Waals surface area (Å²) in [5, 5.41) is 2.47. The maximum Gasteiger partial charge on any atom is 0.328 e. The van der Waals surface area contributed by atoms with Crippen LogP contribution in [0.25, 0.3) is 0 Å². The zero-order chi connectivity index (χ0) is 16.0. The molecule has 21 heavy (non-hydrogen) atoms. The van der Waals surface area contributed by atoms with Crippen molar-refractivity contribution >= 4 is 23.4 Å². The third-order valence-electron chi connectivity index (χ3n) is 3.33. The van der Waals surface area contributed by atoms with Gasteiger partial charge in [-0.1, -0.05) is 19.9 Å². The van der Waals surface area contributed by atoms with Gasteiger partial charge in [0.15, 0.2) is 0 Å². The molecule has 0 unspecified atom stereocenters. The first-order valence-corrected chi connectivity index (χ1v) is 6.83. The molecule has 114 valence electrons. The molecule has 1 rings (SSSR count). The summed E-state index contributed by atoms with van der Waals surface area (Å²) in [6.45, 7) is 7.46. The van der Waals surface area contributed by atoms with Crippen molar-refractivity contribution in [3.05, 3.63) is 29.3 Å². The Kier molecular flexibility index (Phi) is 5.90. The van der Waals surface area contributed by atoms with Crippen LogP contribution in [-0.2, 0) is 14.4 Å². The molecule has 0 saturated carbocycles. The van der Waals surface area contributed by atoms with Crippen molar-refractivity contribution in [3.63, 3.8) is 0 Å². The number of carbonyl (C=O) groups excluding carboxylic acids is 3. The van der Waals surface area contributed by atoms with Crippen molar-refractivity contribution in [2.45, 2.75) is 34.1 Å². The third kappa shape index (κ3) is 4.91. The maximum absolute atomic E-state index is 11.7. The average molecular weight is 291 g/mol. The monoisotopic (exact) mass is 291 g/mol. The average Bonchev–Trinajstić information content (AvgIpc) is 2.47. The minimum absolute atomic E-state index is 0.229. The molecule has 0 aliphatic carbocycles. The summed E-state index contributed by atoms with van der Waals surface area (Å²) in [7, 11) is 0. The van der Waals surface area contributed by atoms with Gasteiger partial charge < -0.3 is 5.32 Å². The molecular formula is C15H21N3O3. The highest BCUT2D eigenvalue weighted by molar-refractivity contribution is 6.39. The molecule has 1 atom stereocenters. The van der Waals surface area contributed by atoms with E-state index in [1.807, 2.05) is 26.8 Å². The van der Waals surface area contributed by atoms with Gasteiger partial charge in [-0.2, -0.15) is 0 Å². The van der Waals surface area contributed by atoms with Crippen LogP contribution >= 0.6 is 0 Å². The minimum Gasteiger partial charge on any atom is -0.318 e. The second-order valence-electron chi connectivity index (χ2n) is 5.01. The van der Waals surface area contributed by atoms with Gasteiger partial charge in [-0.3, -0.25) is 25.2 Å².